The molecular formula is C17H18BrClO2. The van der Waals surface area contributed by atoms with Gasteiger partial charge in [-0.05, 0) is 60.2 Å². The molecule has 0 heterocycles. The van der Waals surface area contributed by atoms with Crippen LogP contribution in [0.5, 0.6) is 5.75 Å². The molecule has 1 unspecified atom stereocenters. The van der Waals surface area contributed by atoms with Crippen molar-refractivity contribution in [1.82, 2.24) is 0 Å². The molecule has 2 aromatic rings. The molecule has 2 aromatic carbocycles. The van der Waals surface area contributed by atoms with Crippen LogP contribution in [0.3, 0.4) is 0 Å². The Kier molecular flexibility index (Phi) is 6.09. The highest BCUT2D eigenvalue weighted by molar-refractivity contribution is 9.10. The fourth-order valence-electron chi connectivity index (χ4n) is 2.37. The predicted molar refractivity (Wildman–Crippen MR) is 90.1 cm³/mol. The van der Waals surface area contributed by atoms with Crippen molar-refractivity contribution in [3.63, 3.8) is 0 Å². The maximum absolute atomic E-state index is 9.66. The first-order chi connectivity index (χ1) is 10.1. The first-order valence-electron chi connectivity index (χ1n) is 6.80. The second kappa shape index (κ2) is 7.83. The Bertz CT molecular complexity index is 584. The van der Waals surface area contributed by atoms with Gasteiger partial charge in [-0.15, -0.1) is 0 Å². The maximum atomic E-state index is 9.66. The summed E-state index contributed by atoms with van der Waals surface area (Å²) in [5, 5.41) is 10.4. The summed E-state index contributed by atoms with van der Waals surface area (Å²) in [6.45, 7) is 0.137. The summed E-state index contributed by atoms with van der Waals surface area (Å²) in [5.41, 5.74) is 2.27. The molecule has 4 heteroatoms. The van der Waals surface area contributed by atoms with Gasteiger partial charge in [0, 0.05) is 16.1 Å². The molecule has 1 atom stereocenters. The minimum Gasteiger partial charge on any atom is -0.496 e. The van der Waals surface area contributed by atoms with Crippen LogP contribution in [0.4, 0.5) is 0 Å². The average molecular weight is 370 g/mol. The second-order valence-electron chi connectivity index (χ2n) is 5.04. The minimum absolute atomic E-state index is 0.137. The second-order valence-corrected chi connectivity index (χ2v) is 6.39. The fourth-order valence-corrected chi connectivity index (χ4v) is 2.91. The Balaban J connectivity index is 2.11. The van der Waals surface area contributed by atoms with Crippen LogP contribution in [0.25, 0.3) is 0 Å². The lowest BCUT2D eigenvalue weighted by molar-refractivity contribution is 0.224. The standard InChI is InChI=1S/C17H18BrClO2/c1-21-17-7-4-15(18)10-14(17)9-13(11-20)8-12-2-5-16(19)6-3-12/h2-7,10,13,20H,8-9,11H2,1H3. The molecule has 112 valence electrons. The summed E-state index contributed by atoms with van der Waals surface area (Å²) < 4.78 is 6.41. The van der Waals surface area contributed by atoms with E-state index in [1.54, 1.807) is 7.11 Å². The summed E-state index contributed by atoms with van der Waals surface area (Å²) >= 11 is 9.38. The molecule has 2 nitrogen and oxygen atoms in total. The van der Waals surface area contributed by atoms with Crippen molar-refractivity contribution in [2.24, 2.45) is 5.92 Å². The first-order valence-corrected chi connectivity index (χ1v) is 7.97. The van der Waals surface area contributed by atoms with E-state index in [0.717, 1.165) is 33.6 Å². The quantitative estimate of drug-likeness (QED) is 0.812. The van der Waals surface area contributed by atoms with E-state index in [9.17, 15) is 5.11 Å². The van der Waals surface area contributed by atoms with Crippen LogP contribution in [-0.2, 0) is 12.8 Å². The molecule has 0 bridgehead atoms. The number of rotatable bonds is 6. The highest BCUT2D eigenvalue weighted by Gasteiger charge is 2.13. The summed E-state index contributed by atoms with van der Waals surface area (Å²) in [4.78, 5) is 0. The Hall–Kier alpha value is -1.03. The summed E-state index contributed by atoms with van der Waals surface area (Å²) in [6.07, 6.45) is 1.57. The number of hydrogen-bond acceptors (Lipinski definition) is 2. The van der Waals surface area contributed by atoms with Crippen molar-refractivity contribution in [1.29, 1.82) is 0 Å². The van der Waals surface area contributed by atoms with Gasteiger partial charge in [-0.3, -0.25) is 0 Å². The number of benzene rings is 2. The molecule has 0 radical (unpaired) electrons. The van der Waals surface area contributed by atoms with Crippen LogP contribution >= 0.6 is 27.5 Å². The van der Waals surface area contributed by atoms with E-state index in [4.69, 9.17) is 16.3 Å². The number of hydrogen-bond donors (Lipinski definition) is 1. The summed E-state index contributed by atoms with van der Waals surface area (Å²) in [7, 11) is 1.67. The van der Waals surface area contributed by atoms with Gasteiger partial charge in [0.05, 0.1) is 7.11 Å². The van der Waals surface area contributed by atoms with E-state index >= 15 is 0 Å². The molecule has 0 saturated heterocycles. The van der Waals surface area contributed by atoms with Gasteiger partial charge in [-0.1, -0.05) is 39.7 Å². The lowest BCUT2D eigenvalue weighted by Crippen LogP contribution is -2.13. The molecule has 0 amide bonds. The van der Waals surface area contributed by atoms with Crippen molar-refractivity contribution in [3.05, 3.63) is 63.1 Å². The van der Waals surface area contributed by atoms with Gasteiger partial charge in [-0.2, -0.15) is 0 Å². The zero-order valence-electron chi connectivity index (χ0n) is 11.9. The summed E-state index contributed by atoms with van der Waals surface area (Å²) in [5.74, 6) is 1.00. The minimum atomic E-state index is 0.137. The third-order valence-corrected chi connectivity index (χ3v) is 4.19. The van der Waals surface area contributed by atoms with Crippen molar-refractivity contribution in [2.45, 2.75) is 12.8 Å². The number of aliphatic hydroxyl groups is 1. The molecule has 0 aliphatic carbocycles. The molecule has 0 spiro atoms. The Morgan fingerprint density at radius 1 is 1.14 bits per heavy atom. The smallest absolute Gasteiger partial charge is 0.122 e. The van der Waals surface area contributed by atoms with E-state index in [0.29, 0.717) is 0 Å². The van der Waals surface area contributed by atoms with Crippen molar-refractivity contribution in [2.75, 3.05) is 13.7 Å². The van der Waals surface area contributed by atoms with Gasteiger partial charge in [0.2, 0.25) is 0 Å². The lowest BCUT2D eigenvalue weighted by atomic mass is 9.93. The van der Waals surface area contributed by atoms with Crippen LogP contribution in [0.15, 0.2) is 46.9 Å². The van der Waals surface area contributed by atoms with Gasteiger partial charge in [0.25, 0.3) is 0 Å². The number of methoxy groups -OCH3 is 1. The van der Waals surface area contributed by atoms with Gasteiger partial charge >= 0.3 is 0 Å². The van der Waals surface area contributed by atoms with Crippen LogP contribution < -0.4 is 4.74 Å². The summed E-state index contributed by atoms with van der Waals surface area (Å²) in [6, 6.07) is 13.7. The van der Waals surface area contributed by atoms with E-state index in [1.165, 1.54) is 5.56 Å². The van der Waals surface area contributed by atoms with Gasteiger partial charge in [0.1, 0.15) is 5.75 Å². The third-order valence-electron chi connectivity index (χ3n) is 3.45. The number of aliphatic hydroxyl groups excluding tert-OH is 1. The van der Waals surface area contributed by atoms with Crippen LogP contribution in [0.1, 0.15) is 11.1 Å². The third kappa shape index (κ3) is 4.73. The SMILES string of the molecule is COc1ccc(Br)cc1CC(CO)Cc1ccc(Cl)cc1. The van der Waals surface area contributed by atoms with Crippen LogP contribution in [-0.4, -0.2) is 18.8 Å². The molecule has 0 aromatic heterocycles. The Morgan fingerprint density at radius 2 is 1.86 bits per heavy atom. The van der Waals surface area contributed by atoms with Gasteiger partial charge in [0.15, 0.2) is 0 Å². The highest BCUT2D eigenvalue weighted by Crippen LogP contribution is 2.26. The van der Waals surface area contributed by atoms with E-state index in [2.05, 4.69) is 15.9 Å². The maximum Gasteiger partial charge on any atom is 0.122 e. The number of halogens is 2. The van der Waals surface area contributed by atoms with Crippen molar-refractivity contribution in [3.8, 4) is 5.75 Å². The molecule has 0 saturated carbocycles. The van der Waals surface area contributed by atoms with Crippen molar-refractivity contribution < 1.29 is 9.84 Å². The number of ether oxygens (including phenoxy) is 1. The monoisotopic (exact) mass is 368 g/mol. The molecule has 0 aliphatic heterocycles. The fraction of sp³-hybridized carbons (Fsp3) is 0.294. The Morgan fingerprint density at radius 3 is 2.48 bits per heavy atom. The molecule has 2 rings (SSSR count). The molecule has 0 aliphatic rings. The molecule has 21 heavy (non-hydrogen) atoms. The Labute approximate surface area is 138 Å². The molecular weight excluding hydrogens is 352 g/mol. The predicted octanol–water partition coefficient (Wildman–Crippen LogP) is 4.50. The lowest BCUT2D eigenvalue weighted by Gasteiger charge is -2.17. The average Bonchev–Trinajstić information content (AvgIpc) is 2.49. The van der Waals surface area contributed by atoms with Crippen LogP contribution in [0, 0.1) is 5.92 Å². The molecule has 0 fully saturated rings. The topological polar surface area (TPSA) is 29.5 Å². The van der Waals surface area contributed by atoms with Gasteiger partial charge < -0.3 is 9.84 Å². The highest BCUT2D eigenvalue weighted by atomic mass is 79.9. The zero-order valence-corrected chi connectivity index (χ0v) is 14.2. The zero-order chi connectivity index (χ0) is 15.2. The van der Waals surface area contributed by atoms with Crippen molar-refractivity contribution >= 4 is 27.5 Å². The van der Waals surface area contributed by atoms with Gasteiger partial charge in [-0.25, -0.2) is 0 Å². The largest absolute Gasteiger partial charge is 0.496 e. The van der Waals surface area contributed by atoms with E-state index in [-0.39, 0.29) is 12.5 Å². The first kappa shape index (κ1) is 16.3. The van der Waals surface area contributed by atoms with E-state index in [1.807, 2.05) is 42.5 Å². The molecule has 1 N–H and O–H groups in total. The van der Waals surface area contributed by atoms with E-state index < -0.39 is 0 Å². The normalized spacial score (nSPS) is 12.2. The van der Waals surface area contributed by atoms with Crippen LogP contribution in [0.2, 0.25) is 5.02 Å².